The van der Waals surface area contributed by atoms with Crippen LogP contribution in [0.3, 0.4) is 0 Å². The van der Waals surface area contributed by atoms with E-state index in [9.17, 15) is 0 Å². The van der Waals surface area contributed by atoms with Gasteiger partial charge in [0.2, 0.25) is 0 Å². The van der Waals surface area contributed by atoms with Gasteiger partial charge in [-0.2, -0.15) is 4.37 Å². The fraction of sp³-hybridized carbons (Fsp3) is 0.786. The van der Waals surface area contributed by atoms with Gasteiger partial charge in [-0.05, 0) is 58.1 Å². The average molecular weight is 298 g/mol. The molecule has 0 spiro atoms. The first kappa shape index (κ1) is 15.4. The SMILES string of the molecule is CC(C)Oc1c(N)nsc1NCC1CCN(C(C)C)C1. The van der Waals surface area contributed by atoms with Crippen molar-refractivity contribution in [3.05, 3.63) is 0 Å². The van der Waals surface area contributed by atoms with Crippen molar-refractivity contribution >= 4 is 22.4 Å². The van der Waals surface area contributed by atoms with Gasteiger partial charge < -0.3 is 20.7 Å². The molecule has 1 aromatic rings. The van der Waals surface area contributed by atoms with E-state index in [0.29, 0.717) is 23.5 Å². The van der Waals surface area contributed by atoms with Crippen LogP contribution in [-0.4, -0.2) is 41.1 Å². The number of hydrogen-bond donors (Lipinski definition) is 2. The summed E-state index contributed by atoms with van der Waals surface area (Å²) < 4.78 is 9.92. The molecule has 1 saturated heterocycles. The first-order valence-electron chi connectivity index (χ1n) is 7.37. The van der Waals surface area contributed by atoms with E-state index in [1.54, 1.807) is 0 Å². The first-order chi connectivity index (χ1) is 9.47. The third kappa shape index (κ3) is 3.76. The number of anilines is 2. The van der Waals surface area contributed by atoms with Crippen molar-refractivity contribution in [2.75, 3.05) is 30.7 Å². The molecule has 3 N–H and O–H groups in total. The largest absolute Gasteiger partial charge is 0.484 e. The van der Waals surface area contributed by atoms with E-state index in [0.717, 1.165) is 11.5 Å². The second-order valence-corrected chi connectivity index (χ2v) is 6.79. The summed E-state index contributed by atoms with van der Waals surface area (Å²) in [5.41, 5.74) is 5.86. The van der Waals surface area contributed by atoms with Crippen LogP contribution in [0.2, 0.25) is 0 Å². The Kier molecular flexibility index (Phi) is 5.10. The van der Waals surface area contributed by atoms with Crippen LogP contribution >= 0.6 is 11.5 Å². The zero-order valence-corrected chi connectivity index (χ0v) is 13.7. The second kappa shape index (κ2) is 6.63. The number of ether oxygens (including phenoxy) is 1. The molecule has 2 heterocycles. The Morgan fingerprint density at radius 1 is 1.45 bits per heavy atom. The fourth-order valence-electron chi connectivity index (χ4n) is 2.49. The minimum Gasteiger partial charge on any atom is -0.484 e. The number of aromatic nitrogens is 1. The Balaban J connectivity index is 1.88. The molecule has 0 aliphatic carbocycles. The van der Waals surface area contributed by atoms with E-state index >= 15 is 0 Å². The number of nitrogens with two attached hydrogens (primary N) is 1. The fourth-order valence-corrected chi connectivity index (χ4v) is 3.15. The quantitative estimate of drug-likeness (QED) is 0.845. The van der Waals surface area contributed by atoms with Crippen LogP contribution in [0, 0.1) is 5.92 Å². The van der Waals surface area contributed by atoms with Gasteiger partial charge in [0.1, 0.15) is 0 Å². The normalized spacial score (nSPS) is 20.0. The molecule has 6 heteroatoms. The monoisotopic (exact) mass is 298 g/mol. The van der Waals surface area contributed by atoms with Gasteiger partial charge in [-0.25, -0.2) is 0 Å². The Morgan fingerprint density at radius 2 is 2.20 bits per heavy atom. The molecule has 2 rings (SSSR count). The maximum Gasteiger partial charge on any atom is 0.197 e. The zero-order valence-electron chi connectivity index (χ0n) is 12.8. The molecule has 1 aromatic heterocycles. The third-order valence-corrected chi connectivity index (χ3v) is 4.43. The summed E-state index contributed by atoms with van der Waals surface area (Å²) in [5.74, 6) is 1.89. The number of rotatable bonds is 6. The number of nitrogens with zero attached hydrogens (tertiary/aromatic N) is 2. The molecule has 5 nitrogen and oxygen atoms in total. The van der Waals surface area contributed by atoms with Gasteiger partial charge in [0.25, 0.3) is 0 Å². The van der Waals surface area contributed by atoms with Gasteiger partial charge >= 0.3 is 0 Å². The van der Waals surface area contributed by atoms with E-state index < -0.39 is 0 Å². The molecule has 1 aliphatic rings. The molecule has 1 fully saturated rings. The van der Waals surface area contributed by atoms with E-state index in [2.05, 4.69) is 28.4 Å². The van der Waals surface area contributed by atoms with Gasteiger partial charge in [-0.15, -0.1) is 0 Å². The van der Waals surface area contributed by atoms with Crippen molar-refractivity contribution in [2.45, 2.75) is 46.3 Å². The van der Waals surface area contributed by atoms with Crippen LogP contribution in [0.5, 0.6) is 5.75 Å². The zero-order chi connectivity index (χ0) is 14.7. The van der Waals surface area contributed by atoms with Crippen molar-refractivity contribution in [1.29, 1.82) is 0 Å². The molecule has 0 bridgehead atoms. The van der Waals surface area contributed by atoms with Gasteiger partial charge in [0.05, 0.1) is 6.10 Å². The molecule has 1 atom stereocenters. The van der Waals surface area contributed by atoms with Crippen LogP contribution in [0.15, 0.2) is 0 Å². The van der Waals surface area contributed by atoms with Crippen LogP contribution in [-0.2, 0) is 0 Å². The Bertz CT molecular complexity index is 433. The van der Waals surface area contributed by atoms with Gasteiger partial charge in [-0.3, -0.25) is 0 Å². The number of likely N-dealkylation sites (tertiary alicyclic amines) is 1. The van der Waals surface area contributed by atoms with E-state index in [4.69, 9.17) is 10.5 Å². The summed E-state index contributed by atoms with van der Waals surface area (Å²) in [7, 11) is 0. The molecule has 0 saturated carbocycles. The van der Waals surface area contributed by atoms with Crippen LogP contribution < -0.4 is 15.8 Å². The molecule has 0 amide bonds. The van der Waals surface area contributed by atoms with Crippen molar-refractivity contribution in [3.63, 3.8) is 0 Å². The molecule has 114 valence electrons. The summed E-state index contributed by atoms with van der Waals surface area (Å²) in [6.07, 6.45) is 1.36. The van der Waals surface area contributed by atoms with Crippen molar-refractivity contribution < 1.29 is 4.74 Å². The third-order valence-electron chi connectivity index (χ3n) is 3.63. The number of hydrogen-bond acceptors (Lipinski definition) is 6. The number of nitrogens with one attached hydrogen (secondary N) is 1. The molecule has 1 unspecified atom stereocenters. The second-order valence-electron chi connectivity index (χ2n) is 6.02. The number of nitrogen functional groups attached to an aromatic ring is 1. The molecule has 0 aromatic carbocycles. The summed E-state index contributed by atoms with van der Waals surface area (Å²) in [5, 5.41) is 4.42. The molecular weight excluding hydrogens is 272 g/mol. The lowest BCUT2D eigenvalue weighted by molar-refractivity contribution is 0.245. The molecule has 0 radical (unpaired) electrons. The highest BCUT2D eigenvalue weighted by Crippen LogP contribution is 2.36. The van der Waals surface area contributed by atoms with Crippen molar-refractivity contribution in [3.8, 4) is 5.75 Å². The Morgan fingerprint density at radius 3 is 2.80 bits per heavy atom. The molecule has 20 heavy (non-hydrogen) atoms. The van der Waals surface area contributed by atoms with Gasteiger partial charge in [0.15, 0.2) is 16.6 Å². The summed E-state index contributed by atoms with van der Waals surface area (Å²) >= 11 is 1.38. The lowest BCUT2D eigenvalue weighted by Gasteiger charge is -2.20. The highest BCUT2D eigenvalue weighted by atomic mass is 32.1. The topological polar surface area (TPSA) is 63.4 Å². The predicted molar refractivity (Wildman–Crippen MR) is 85.6 cm³/mol. The lowest BCUT2D eigenvalue weighted by Crippen LogP contribution is -2.29. The van der Waals surface area contributed by atoms with Gasteiger partial charge in [0, 0.05) is 19.1 Å². The summed E-state index contributed by atoms with van der Waals surface area (Å²) in [4.78, 5) is 2.53. The van der Waals surface area contributed by atoms with Crippen LogP contribution in [0.1, 0.15) is 34.1 Å². The average Bonchev–Trinajstić information content (AvgIpc) is 2.96. The van der Waals surface area contributed by atoms with Crippen LogP contribution in [0.4, 0.5) is 10.8 Å². The summed E-state index contributed by atoms with van der Waals surface area (Å²) in [6, 6.07) is 0.638. The predicted octanol–water partition coefficient (Wildman–Crippen LogP) is 2.65. The van der Waals surface area contributed by atoms with E-state index in [1.807, 2.05) is 13.8 Å². The smallest absolute Gasteiger partial charge is 0.197 e. The van der Waals surface area contributed by atoms with Crippen molar-refractivity contribution in [1.82, 2.24) is 9.27 Å². The lowest BCUT2D eigenvalue weighted by atomic mass is 10.1. The van der Waals surface area contributed by atoms with E-state index in [-0.39, 0.29) is 6.10 Å². The van der Waals surface area contributed by atoms with Crippen molar-refractivity contribution in [2.24, 2.45) is 5.92 Å². The Hall–Kier alpha value is -1.01. The standard InChI is InChI=1S/C14H26N4OS/c1-9(2)18-6-5-11(8-18)7-16-14-12(19-10(3)4)13(15)17-20-14/h9-11,16H,5-8H2,1-4H3,(H2,15,17). The van der Waals surface area contributed by atoms with Gasteiger partial charge in [-0.1, -0.05) is 0 Å². The minimum atomic E-state index is 0.108. The minimum absolute atomic E-state index is 0.108. The highest BCUT2D eigenvalue weighted by molar-refractivity contribution is 7.11. The highest BCUT2D eigenvalue weighted by Gasteiger charge is 2.24. The van der Waals surface area contributed by atoms with Crippen LogP contribution in [0.25, 0.3) is 0 Å². The molecular formula is C14H26N4OS. The first-order valence-corrected chi connectivity index (χ1v) is 8.14. The van der Waals surface area contributed by atoms with E-state index in [1.165, 1.54) is 31.0 Å². The summed E-state index contributed by atoms with van der Waals surface area (Å²) in [6.45, 7) is 11.8. The Labute approximate surface area is 125 Å². The molecule has 1 aliphatic heterocycles. The maximum absolute atomic E-state index is 5.86. The maximum atomic E-state index is 5.86.